The van der Waals surface area contributed by atoms with Gasteiger partial charge in [0.15, 0.2) is 0 Å². The van der Waals surface area contributed by atoms with Crippen LogP contribution < -0.4 is 5.32 Å². The van der Waals surface area contributed by atoms with Crippen LogP contribution in [0, 0.1) is 5.92 Å². The van der Waals surface area contributed by atoms with Crippen molar-refractivity contribution in [2.75, 3.05) is 11.9 Å². The van der Waals surface area contributed by atoms with E-state index in [1.54, 1.807) is 18.2 Å². The van der Waals surface area contributed by atoms with Crippen molar-refractivity contribution in [3.63, 3.8) is 0 Å². The van der Waals surface area contributed by atoms with Crippen LogP contribution in [0.4, 0.5) is 5.69 Å². The Labute approximate surface area is 130 Å². The second kappa shape index (κ2) is 8.67. The molecule has 0 aromatic heterocycles. The fraction of sp³-hybridized carbons (Fsp3) is 0.500. The molecule has 0 radical (unpaired) electrons. The van der Waals surface area contributed by atoms with E-state index in [9.17, 15) is 9.59 Å². The molecule has 116 valence electrons. The standard InChI is InChI=1S/C16H22ClNO3/c1-4-9-21-16(20)12-7-8-13(17)14(10-12)18-15(19)11(5-2)6-3/h7-8,10-11H,4-6,9H2,1-3H3,(H,18,19). The van der Waals surface area contributed by atoms with E-state index in [4.69, 9.17) is 16.3 Å². The van der Waals surface area contributed by atoms with Gasteiger partial charge in [-0.25, -0.2) is 4.79 Å². The molecular formula is C16H22ClNO3. The van der Waals surface area contributed by atoms with Gasteiger partial charge >= 0.3 is 5.97 Å². The van der Waals surface area contributed by atoms with E-state index in [-0.39, 0.29) is 11.8 Å². The van der Waals surface area contributed by atoms with E-state index < -0.39 is 5.97 Å². The normalized spacial score (nSPS) is 10.5. The van der Waals surface area contributed by atoms with Gasteiger partial charge in [0.1, 0.15) is 0 Å². The molecule has 0 spiro atoms. The van der Waals surface area contributed by atoms with E-state index in [1.165, 1.54) is 0 Å². The van der Waals surface area contributed by atoms with E-state index in [1.807, 2.05) is 20.8 Å². The summed E-state index contributed by atoms with van der Waals surface area (Å²) in [5.41, 5.74) is 0.826. The third-order valence-corrected chi connectivity index (χ3v) is 3.58. The zero-order chi connectivity index (χ0) is 15.8. The van der Waals surface area contributed by atoms with Crippen LogP contribution in [0.15, 0.2) is 18.2 Å². The Kier molecular flexibility index (Phi) is 7.23. The predicted octanol–water partition coefficient (Wildman–Crippen LogP) is 4.28. The number of anilines is 1. The smallest absolute Gasteiger partial charge is 0.338 e. The highest BCUT2D eigenvalue weighted by Crippen LogP contribution is 2.24. The fourth-order valence-corrected chi connectivity index (χ4v) is 2.09. The average Bonchev–Trinajstić information content (AvgIpc) is 2.48. The lowest BCUT2D eigenvalue weighted by Crippen LogP contribution is -2.22. The van der Waals surface area contributed by atoms with Gasteiger partial charge in [-0.3, -0.25) is 4.79 Å². The number of hydrogen-bond donors (Lipinski definition) is 1. The molecule has 21 heavy (non-hydrogen) atoms. The number of carbonyl (C=O) groups is 2. The van der Waals surface area contributed by atoms with Crippen molar-refractivity contribution in [1.82, 2.24) is 0 Å². The number of halogens is 1. The molecule has 1 aromatic carbocycles. The van der Waals surface area contributed by atoms with Gasteiger partial charge in [-0.2, -0.15) is 0 Å². The first-order chi connectivity index (χ1) is 10.0. The summed E-state index contributed by atoms with van der Waals surface area (Å²) in [6.07, 6.45) is 2.29. The molecule has 0 aliphatic heterocycles. The Morgan fingerprint density at radius 3 is 2.48 bits per heavy atom. The van der Waals surface area contributed by atoms with Crippen LogP contribution in [0.25, 0.3) is 0 Å². The van der Waals surface area contributed by atoms with Gasteiger partial charge in [-0.05, 0) is 37.5 Å². The molecule has 0 heterocycles. The van der Waals surface area contributed by atoms with Crippen molar-refractivity contribution >= 4 is 29.2 Å². The summed E-state index contributed by atoms with van der Waals surface area (Å²) in [5.74, 6) is -0.552. The van der Waals surface area contributed by atoms with Crippen LogP contribution >= 0.6 is 11.6 Å². The summed E-state index contributed by atoms with van der Waals surface area (Å²) in [6, 6.07) is 4.74. The van der Waals surface area contributed by atoms with Crippen molar-refractivity contribution in [3.8, 4) is 0 Å². The zero-order valence-corrected chi connectivity index (χ0v) is 13.5. The maximum atomic E-state index is 12.1. The van der Waals surface area contributed by atoms with Crippen LogP contribution in [0.5, 0.6) is 0 Å². The first-order valence-corrected chi connectivity index (χ1v) is 7.68. The van der Waals surface area contributed by atoms with Crippen LogP contribution in [0.2, 0.25) is 5.02 Å². The molecule has 0 bridgehead atoms. The van der Waals surface area contributed by atoms with Crippen LogP contribution in [-0.4, -0.2) is 18.5 Å². The topological polar surface area (TPSA) is 55.4 Å². The van der Waals surface area contributed by atoms with E-state index >= 15 is 0 Å². The highest BCUT2D eigenvalue weighted by molar-refractivity contribution is 6.33. The van der Waals surface area contributed by atoms with Crippen LogP contribution in [0.1, 0.15) is 50.4 Å². The van der Waals surface area contributed by atoms with Gasteiger partial charge in [0.05, 0.1) is 22.9 Å². The maximum absolute atomic E-state index is 12.1. The lowest BCUT2D eigenvalue weighted by atomic mass is 10.0. The summed E-state index contributed by atoms with van der Waals surface area (Å²) in [5, 5.41) is 3.19. The quantitative estimate of drug-likeness (QED) is 0.765. The van der Waals surface area contributed by atoms with Crippen molar-refractivity contribution in [2.45, 2.75) is 40.0 Å². The van der Waals surface area contributed by atoms with E-state index in [0.29, 0.717) is 22.9 Å². The lowest BCUT2D eigenvalue weighted by molar-refractivity contribution is -0.120. The summed E-state index contributed by atoms with van der Waals surface area (Å²) in [7, 11) is 0. The molecule has 1 rings (SSSR count). The number of nitrogens with one attached hydrogen (secondary N) is 1. The summed E-state index contributed by atoms with van der Waals surface area (Å²) in [4.78, 5) is 23.9. The predicted molar refractivity (Wildman–Crippen MR) is 84.7 cm³/mol. The number of ether oxygens (including phenoxy) is 1. The van der Waals surface area contributed by atoms with Crippen molar-refractivity contribution in [2.24, 2.45) is 5.92 Å². The van der Waals surface area contributed by atoms with Gasteiger partial charge in [-0.15, -0.1) is 0 Å². The third kappa shape index (κ3) is 5.05. The van der Waals surface area contributed by atoms with Gasteiger partial charge in [0.25, 0.3) is 0 Å². The van der Waals surface area contributed by atoms with Gasteiger partial charge < -0.3 is 10.1 Å². The van der Waals surface area contributed by atoms with Crippen molar-refractivity contribution in [3.05, 3.63) is 28.8 Å². The molecule has 0 aliphatic rings. The minimum Gasteiger partial charge on any atom is -0.462 e. The number of rotatable bonds is 7. The second-order valence-corrected chi connectivity index (χ2v) is 5.24. The molecular weight excluding hydrogens is 290 g/mol. The number of amides is 1. The maximum Gasteiger partial charge on any atom is 0.338 e. The summed E-state index contributed by atoms with van der Waals surface area (Å²) in [6.45, 7) is 6.23. The molecule has 0 saturated carbocycles. The molecule has 0 unspecified atom stereocenters. The Bertz CT molecular complexity index is 498. The second-order valence-electron chi connectivity index (χ2n) is 4.83. The molecule has 4 nitrogen and oxygen atoms in total. The molecule has 5 heteroatoms. The number of esters is 1. The first-order valence-electron chi connectivity index (χ1n) is 7.30. The Balaban J connectivity index is 2.87. The zero-order valence-electron chi connectivity index (χ0n) is 12.7. The minimum atomic E-state index is -0.411. The molecule has 0 atom stereocenters. The Morgan fingerprint density at radius 2 is 1.90 bits per heavy atom. The van der Waals surface area contributed by atoms with Crippen molar-refractivity contribution in [1.29, 1.82) is 0 Å². The van der Waals surface area contributed by atoms with Gasteiger partial charge in [0.2, 0.25) is 5.91 Å². The monoisotopic (exact) mass is 311 g/mol. The lowest BCUT2D eigenvalue weighted by Gasteiger charge is -2.14. The number of hydrogen-bond acceptors (Lipinski definition) is 3. The molecule has 0 saturated heterocycles. The van der Waals surface area contributed by atoms with Crippen molar-refractivity contribution < 1.29 is 14.3 Å². The fourth-order valence-electron chi connectivity index (χ4n) is 1.92. The average molecular weight is 312 g/mol. The third-order valence-electron chi connectivity index (χ3n) is 3.25. The summed E-state index contributed by atoms with van der Waals surface area (Å²) >= 11 is 6.07. The highest BCUT2D eigenvalue weighted by Gasteiger charge is 2.17. The Hall–Kier alpha value is -1.55. The molecule has 0 aliphatic carbocycles. The molecule has 1 aromatic rings. The first kappa shape index (κ1) is 17.5. The number of benzene rings is 1. The van der Waals surface area contributed by atoms with Gasteiger partial charge in [-0.1, -0.05) is 32.4 Å². The molecule has 1 N–H and O–H groups in total. The SMILES string of the molecule is CCCOC(=O)c1ccc(Cl)c(NC(=O)C(CC)CC)c1. The highest BCUT2D eigenvalue weighted by atomic mass is 35.5. The molecule has 1 amide bonds. The summed E-state index contributed by atoms with van der Waals surface area (Å²) < 4.78 is 5.07. The number of carbonyl (C=O) groups excluding carboxylic acids is 2. The van der Waals surface area contributed by atoms with Crippen LogP contribution in [0.3, 0.4) is 0 Å². The van der Waals surface area contributed by atoms with E-state index in [0.717, 1.165) is 19.3 Å². The Morgan fingerprint density at radius 1 is 1.24 bits per heavy atom. The van der Waals surface area contributed by atoms with Gasteiger partial charge in [0, 0.05) is 5.92 Å². The van der Waals surface area contributed by atoms with E-state index in [2.05, 4.69) is 5.32 Å². The van der Waals surface area contributed by atoms with Crippen LogP contribution in [-0.2, 0) is 9.53 Å². The largest absolute Gasteiger partial charge is 0.462 e. The molecule has 0 fully saturated rings. The minimum absolute atomic E-state index is 0.0586.